The Morgan fingerprint density at radius 3 is 2.54 bits per heavy atom. The van der Waals surface area contributed by atoms with Crippen LogP contribution in [0.4, 0.5) is 0 Å². The Morgan fingerprint density at radius 1 is 1.04 bits per heavy atom. The zero-order chi connectivity index (χ0) is 19.9. The molecule has 0 radical (unpaired) electrons. The fourth-order valence-electron chi connectivity index (χ4n) is 2.45. The Kier molecular flexibility index (Phi) is 6.84. The fraction of sp³-hybridized carbons (Fsp3) is 0.0476. The Morgan fingerprint density at radius 2 is 1.75 bits per heavy atom. The minimum absolute atomic E-state index is 0.0804. The Balaban J connectivity index is 1.61. The van der Waals surface area contributed by atoms with Crippen molar-refractivity contribution >= 4 is 44.0 Å². The average molecular weight is 504 g/mol. The number of carbonyl (C=O) groups is 1. The van der Waals surface area contributed by atoms with E-state index in [1.807, 2.05) is 54.6 Å². The topological polar surface area (TPSA) is 70.9 Å². The number of carbonyl (C=O) groups excluding carboxylic acids is 1. The number of aromatic hydroxyl groups is 1. The number of nitrogens with zero attached hydrogens (tertiary/aromatic N) is 1. The van der Waals surface area contributed by atoms with Crippen LogP contribution in [0.5, 0.6) is 11.5 Å². The maximum atomic E-state index is 12.0. The van der Waals surface area contributed by atoms with E-state index in [1.165, 1.54) is 12.3 Å². The number of hydrogen-bond acceptors (Lipinski definition) is 4. The van der Waals surface area contributed by atoms with E-state index in [9.17, 15) is 9.90 Å². The maximum Gasteiger partial charge on any atom is 0.277 e. The number of nitrogens with one attached hydrogen (secondary N) is 1. The van der Waals surface area contributed by atoms with Gasteiger partial charge in [-0.15, -0.1) is 0 Å². The highest BCUT2D eigenvalue weighted by molar-refractivity contribution is 9.11. The molecule has 0 atom stereocenters. The van der Waals surface area contributed by atoms with Crippen molar-refractivity contribution in [3.05, 3.63) is 81.2 Å². The summed E-state index contributed by atoms with van der Waals surface area (Å²) in [7, 11) is 0. The summed E-state index contributed by atoms with van der Waals surface area (Å²) < 4.78 is 6.96. The first-order valence-electron chi connectivity index (χ1n) is 8.32. The molecule has 3 aromatic rings. The first kappa shape index (κ1) is 20.1. The third kappa shape index (κ3) is 5.21. The molecule has 28 heavy (non-hydrogen) atoms. The Hall–Kier alpha value is -2.64. The van der Waals surface area contributed by atoms with Crippen LogP contribution in [0.3, 0.4) is 0 Å². The largest absolute Gasteiger partial charge is 0.507 e. The summed E-state index contributed by atoms with van der Waals surface area (Å²) in [5.41, 5.74) is 4.96. The van der Waals surface area contributed by atoms with E-state index in [4.69, 9.17) is 4.74 Å². The van der Waals surface area contributed by atoms with Gasteiger partial charge in [-0.2, -0.15) is 5.10 Å². The minimum Gasteiger partial charge on any atom is -0.507 e. The molecule has 0 aliphatic heterocycles. The van der Waals surface area contributed by atoms with Crippen LogP contribution in [0, 0.1) is 0 Å². The van der Waals surface area contributed by atoms with Gasteiger partial charge in [0, 0.05) is 15.6 Å². The summed E-state index contributed by atoms with van der Waals surface area (Å²) in [5.74, 6) is 0.307. The van der Waals surface area contributed by atoms with Gasteiger partial charge in [0.15, 0.2) is 6.61 Å². The lowest BCUT2D eigenvalue weighted by Crippen LogP contribution is -2.24. The molecule has 142 valence electrons. The van der Waals surface area contributed by atoms with Gasteiger partial charge in [-0.3, -0.25) is 4.79 Å². The fourth-order valence-corrected chi connectivity index (χ4v) is 3.55. The number of benzene rings is 3. The number of ether oxygens (including phenoxy) is 1. The van der Waals surface area contributed by atoms with Gasteiger partial charge in [0.1, 0.15) is 11.5 Å². The smallest absolute Gasteiger partial charge is 0.277 e. The molecule has 2 N–H and O–H groups in total. The van der Waals surface area contributed by atoms with Crippen LogP contribution in [0.2, 0.25) is 0 Å². The molecule has 0 heterocycles. The molecular formula is C21H16Br2N2O3. The SMILES string of the molecule is O=C(COc1ccccc1-c1ccccc1)N/N=C/c1cc(O)c(Br)cc1Br. The third-order valence-electron chi connectivity index (χ3n) is 3.79. The van der Waals surface area contributed by atoms with Crippen LogP contribution in [-0.4, -0.2) is 23.8 Å². The molecule has 0 saturated heterocycles. The lowest BCUT2D eigenvalue weighted by molar-refractivity contribution is -0.123. The van der Waals surface area contributed by atoms with Crippen LogP contribution in [-0.2, 0) is 4.79 Å². The van der Waals surface area contributed by atoms with E-state index in [-0.39, 0.29) is 12.4 Å². The predicted molar refractivity (Wildman–Crippen MR) is 117 cm³/mol. The summed E-state index contributed by atoms with van der Waals surface area (Å²) in [6.45, 7) is -0.173. The van der Waals surface area contributed by atoms with Crippen molar-refractivity contribution < 1.29 is 14.6 Å². The van der Waals surface area contributed by atoms with Gasteiger partial charge in [0.2, 0.25) is 0 Å². The zero-order valence-electron chi connectivity index (χ0n) is 14.6. The van der Waals surface area contributed by atoms with E-state index < -0.39 is 5.91 Å². The molecule has 0 unspecified atom stereocenters. The molecule has 7 heteroatoms. The summed E-state index contributed by atoms with van der Waals surface area (Å²) in [4.78, 5) is 12.0. The number of halogens is 2. The summed E-state index contributed by atoms with van der Waals surface area (Å²) in [6, 6.07) is 20.6. The second kappa shape index (κ2) is 9.52. The maximum absolute atomic E-state index is 12.0. The van der Waals surface area contributed by atoms with Gasteiger partial charge in [0.05, 0.1) is 10.7 Å². The van der Waals surface area contributed by atoms with E-state index in [0.717, 1.165) is 15.6 Å². The zero-order valence-corrected chi connectivity index (χ0v) is 17.8. The van der Waals surface area contributed by atoms with E-state index in [1.54, 1.807) is 6.07 Å². The third-order valence-corrected chi connectivity index (χ3v) is 5.11. The van der Waals surface area contributed by atoms with Crippen LogP contribution in [0.1, 0.15) is 5.56 Å². The summed E-state index contributed by atoms with van der Waals surface area (Å²) >= 11 is 6.60. The van der Waals surface area contributed by atoms with Crippen molar-refractivity contribution in [3.8, 4) is 22.6 Å². The number of phenolic OH excluding ortho intramolecular Hbond substituents is 1. The van der Waals surface area contributed by atoms with Gasteiger partial charge in [0.25, 0.3) is 5.91 Å². The highest BCUT2D eigenvalue weighted by Gasteiger charge is 2.08. The van der Waals surface area contributed by atoms with Crippen LogP contribution in [0.15, 0.2) is 80.8 Å². The first-order valence-corrected chi connectivity index (χ1v) is 9.90. The van der Waals surface area contributed by atoms with Gasteiger partial charge in [-0.05, 0) is 39.7 Å². The lowest BCUT2D eigenvalue weighted by atomic mass is 10.1. The monoisotopic (exact) mass is 502 g/mol. The number of hydrogen-bond donors (Lipinski definition) is 2. The van der Waals surface area contributed by atoms with Crippen molar-refractivity contribution in [2.75, 3.05) is 6.61 Å². The molecule has 0 aliphatic carbocycles. The molecule has 0 aromatic heterocycles. The van der Waals surface area contributed by atoms with E-state index >= 15 is 0 Å². The molecule has 0 fully saturated rings. The molecule has 5 nitrogen and oxygen atoms in total. The van der Waals surface area contributed by atoms with Crippen molar-refractivity contribution in [2.24, 2.45) is 5.10 Å². The normalized spacial score (nSPS) is 10.8. The average Bonchev–Trinajstić information content (AvgIpc) is 2.71. The van der Waals surface area contributed by atoms with Crippen LogP contribution >= 0.6 is 31.9 Å². The standard InChI is InChI=1S/C21H16Br2N2O3/c22-17-11-18(23)19(26)10-15(17)12-24-25-21(27)13-28-20-9-5-4-8-16(20)14-6-2-1-3-7-14/h1-12,26H,13H2,(H,25,27)/b24-12+. The molecule has 0 saturated carbocycles. The molecule has 3 rings (SSSR count). The highest BCUT2D eigenvalue weighted by atomic mass is 79.9. The summed E-state index contributed by atoms with van der Waals surface area (Å²) in [5, 5.41) is 13.6. The quantitative estimate of drug-likeness (QED) is 0.362. The van der Waals surface area contributed by atoms with Gasteiger partial charge >= 0.3 is 0 Å². The molecular weight excluding hydrogens is 488 g/mol. The Labute approximate surface area is 179 Å². The number of hydrazone groups is 1. The molecule has 3 aromatic carbocycles. The lowest BCUT2D eigenvalue weighted by Gasteiger charge is -2.11. The molecule has 0 bridgehead atoms. The Bertz CT molecular complexity index is 1010. The number of rotatable bonds is 6. The molecule has 0 aliphatic rings. The molecule has 1 amide bonds. The molecule has 0 spiro atoms. The minimum atomic E-state index is -0.392. The first-order chi connectivity index (χ1) is 13.5. The van der Waals surface area contributed by atoms with Crippen molar-refractivity contribution in [1.29, 1.82) is 0 Å². The van der Waals surface area contributed by atoms with Crippen molar-refractivity contribution in [2.45, 2.75) is 0 Å². The number of para-hydroxylation sites is 1. The number of phenols is 1. The van der Waals surface area contributed by atoms with E-state index in [0.29, 0.717) is 15.8 Å². The second-order valence-corrected chi connectivity index (χ2v) is 7.48. The van der Waals surface area contributed by atoms with Gasteiger partial charge < -0.3 is 9.84 Å². The van der Waals surface area contributed by atoms with Crippen molar-refractivity contribution in [1.82, 2.24) is 5.43 Å². The predicted octanol–water partition coefficient (Wildman–Crippen LogP) is 5.11. The number of amides is 1. The van der Waals surface area contributed by atoms with Crippen molar-refractivity contribution in [3.63, 3.8) is 0 Å². The summed E-state index contributed by atoms with van der Waals surface area (Å²) in [6.07, 6.45) is 1.44. The van der Waals surface area contributed by atoms with Gasteiger partial charge in [-0.1, -0.05) is 64.5 Å². The van der Waals surface area contributed by atoms with Crippen LogP contribution < -0.4 is 10.2 Å². The second-order valence-electron chi connectivity index (χ2n) is 5.77. The van der Waals surface area contributed by atoms with Gasteiger partial charge in [-0.25, -0.2) is 5.43 Å². The highest BCUT2D eigenvalue weighted by Crippen LogP contribution is 2.30. The van der Waals surface area contributed by atoms with Crippen LogP contribution in [0.25, 0.3) is 11.1 Å². The van der Waals surface area contributed by atoms with E-state index in [2.05, 4.69) is 42.4 Å².